The summed E-state index contributed by atoms with van der Waals surface area (Å²) < 4.78 is 72.3. The predicted octanol–water partition coefficient (Wildman–Crippen LogP) is -0.657. The van der Waals surface area contributed by atoms with Gasteiger partial charge in [-0.05, 0) is 6.92 Å². The van der Waals surface area contributed by atoms with E-state index in [-0.39, 0.29) is 24.0 Å². The lowest BCUT2D eigenvalue weighted by Gasteiger charge is -2.17. The van der Waals surface area contributed by atoms with Crippen LogP contribution in [0.3, 0.4) is 0 Å². The molecule has 0 bridgehead atoms. The predicted molar refractivity (Wildman–Crippen MR) is 175 cm³/mol. The summed E-state index contributed by atoms with van der Waals surface area (Å²) in [5.41, 5.74) is 1.62. The van der Waals surface area contributed by atoms with Crippen LogP contribution in [0, 0.1) is 0 Å². The molecule has 0 saturated carbocycles. The van der Waals surface area contributed by atoms with Gasteiger partial charge in [-0.25, -0.2) is 28.0 Å². The summed E-state index contributed by atoms with van der Waals surface area (Å²) in [6, 6.07) is 0. The number of ether oxygens (including phenoxy) is 9. The van der Waals surface area contributed by atoms with E-state index in [0.717, 1.165) is 6.26 Å². The smallest absolute Gasteiger partial charge is 0.247 e. The molecule has 0 unspecified atom stereocenters. The van der Waals surface area contributed by atoms with E-state index >= 15 is 0 Å². The molecule has 2 rings (SSSR count). The Hall–Kier alpha value is -2.83. The maximum Gasteiger partial charge on any atom is 0.247 e. The summed E-state index contributed by atoms with van der Waals surface area (Å²) >= 11 is 0. The van der Waals surface area contributed by atoms with Gasteiger partial charge in [-0.1, -0.05) is 0 Å². The zero-order valence-electron chi connectivity index (χ0n) is 28.5. The van der Waals surface area contributed by atoms with Crippen LogP contribution in [-0.2, 0) is 68.6 Å². The third-order valence-electron chi connectivity index (χ3n) is 6.45. The molecule has 278 valence electrons. The van der Waals surface area contributed by atoms with E-state index in [1.54, 1.807) is 4.90 Å². The number of hydrogen-bond donors (Lipinski definition) is 1. The van der Waals surface area contributed by atoms with E-state index < -0.39 is 9.84 Å². The standard InChI is InChI=1S/C31H50N4O13S/c1-3-40-26-27(24-36)32-4-6-41-8-10-43-12-14-45-16-18-47-20-21-48-19-17-46-15-13-44-11-9-42-7-5-35-23-29-28(30(35)25-37)22-33-31(34-29)49(2,38)39/h22,32H,3-21,23,26H2,1-2H3. The average Bonchev–Trinajstić information content (AvgIpc) is 3.45. The Labute approximate surface area is 288 Å². The number of nitrogens with zero attached hydrogens (tertiary/aromatic N) is 3. The van der Waals surface area contributed by atoms with Gasteiger partial charge in [0.25, 0.3) is 0 Å². The van der Waals surface area contributed by atoms with Crippen molar-refractivity contribution in [2.75, 3.05) is 138 Å². The zero-order valence-corrected chi connectivity index (χ0v) is 29.3. The summed E-state index contributed by atoms with van der Waals surface area (Å²) in [6.07, 6.45) is 2.38. The van der Waals surface area contributed by atoms with Crippen LogP contribution in [-0.4, -0.2) is 173 Å². The molecule has 17 nitrogen and oxygen atoms in total. The van der Waals surface area contributed by atoms with Gasteiger partial charge in [0.1, 0.15) is 17.3 Å². The highest BCUT2D eigenvalue weighted by Gasteiger charge is 2.28. The molecular formula is C31H50N4O13S. The molecule has 0 aliphatic carbocycles. The minimum atomic E-state index is -3.54. The van der Waals surface area contributed by atoms with Crippen molar-refractivity contribution in [3.05, 3.63) is 23.2 Å². The van der Waals surface area contributed by atoms with Gasteiger partial charge in [0, 0.05) is 32.1 Å². The van der Waals surface area contributed by atoms with Crippen LogP contribution < -0.4 is 5.32 Å². The number of fused-ring (bicyclic) bond motifs is 1. The molecule has 0 atom stereocenters. The number of nitrogens with one attached hydrogen (secondary N) is 1. The van der Waals surface area contributed by atoms with Crippen LogP contribution in [0.1, 0.15) is 18.2 Å². The van der Waals surface area contributed by atoms with Gasteiger partial charge in [0.15, 0.2) is 5.94 Å². The first-order valence-electron chi connectivity index (χ1n) is 16.1. The second kappa shape index (κ2) is 27.0. The first-order chi connectivity index (χ1) is 23.9. The van der Waals surface area contributed by atoms with Gasteiger partial charge in [0.05, 0.1) is 130 Å². The van der Waals surface area contributed by atoms with Gasteiger partial charge in [-0.2, -0.15) is 0 Å². The minimum Gasteiger partial charge on any atom is -0.377 e. The van der Waals surface area contributed by atoms with Crippen molar-refractivity contribution >= 4 is 27.4 Å². The van der Waals surface area contributed by atoms with Gasteiger partial charge in [-0.15, -0.1) is 0 Å². The Morgan fingerprint density at radius 1 is 0.755 bits per heavy atom. The molecule has 1 N–H and O–H groups in total. The zero-order chi connectivity index (χ0) is 35.4. The molecule has 1 aromatic rings. The third kappa shape index (κ3) is 19.2. The minimum absolute atomic E-state index is 0.222. The first kappa shape index (κ1) is 42.3. The Bertz CT molecular complexity index is 1260. The van der Waals surface area contributed by atoms with Crippen molar-refractivity contribution in [3.8, 4) is 0 Å². The summed E-state index contributed by atoms with van der Waals surface area (Å²) in [5, 5.41) is 2.65. The van der Waals surface area contributed by atoms with Crippen LogP contribution in [0.25, 0.3) is 5.70 Å². The second-order valence-corrected chi connectivity index (χ2v) is 12.1. The second-order valence-electron chi connectivity index (χ2n) is 10.2. The third-order valence-corrected chi connectivity index (χ3v) is 7.31. The average molecular weight is 719 g/mol. The van der Waals surface area contributed by atoms with Crippen molar-refractivity contribution in [1.29, 1.82) is 0 Å². The maximum absolute atomic E-state index is 11.7. The van der Waals surface area contributed by atoms with Crippen LogP contribution in [0.2, 0.25) is 0 Å². The lowest BCUT2D eigenvalue weighted by molar-refractivity contribution is -0.0232. The molecule has 2 heterocycles. The van der Waals surface area contributed by atoms with Crippen molar-refractivity contribution in [2.45, 2.75) is 18.6 Å². The number of carbonyl (C=O) groups excluding carboxylic acids is 2. The first-order valence-corrected chi connectivity index (χ1v) is 18.0. The molecule has 49 heavy (non-hydrogen) atoms. The molecule has 1 aliphatic heterocycles. The normalized spacial score (nSPS) is 12.6. The van der Waals surface area contributed by atoms with E-state index in [1.165, 1.54) is 6.20 Å². The Balaban J connectivity index is 1.27. The van der Waals surface area contributed by atoms with Crippen LogP contribution in [0.5, 0.6) is 0 Å². The number of aromatic nitrogens is 2. The van der Waals surface area contributed by atoms with Crippen molar-refractivity contribution in [2.24, 2.45) is 0 Å². The number of rotatable bonds is 32. The lowest BCUT2D eigenvalue weighted by atomic mass is 10.2. The van der Waals surface area contributed by atoms with E-state index in [1.807, 2.05) is 18.8 Å². The number of hydrogen-bond acceptors (Lipinski definition) is 17. The number of sulfone groups is 1. The fourth-order valence-electron chi connectivity index (χ4n) is 4.05. The molecule has 1 aromatic heterocycles. The Kier molecular flexibility index (Phi) is 23.3. The molecule has 1 aliphatic rings. The molecule has 0 saturated heterocycles. The summed E-state index contributed by atoms with van der Waals surface area (Å²) in [7, 11) is -3.54. The topological polar surface area (TPSA) is 192 Å². The fourth-order valence-corrected chi connectivity index (χ4v) is 4.57. The van der Waals surface area contributed by atoms with E-state index in [4.69, 9.17) is 42.6 Å². The highest BCUT2D eigenvalue weighted by Crippen LogP contribution is 2.29. The van der Waals surface area contributed by atoms with Crippen LogP contribution >= 0.6 is 0 Å². The Morgan fingerprint density at radius 2 is 1.22 bits per heavy atom. The highest BCUT2D eigenvalue weighted by molar-refractivity contribution is 7.90. The van der Waals surface area contributed by atoms with E-state index in [2.05, 4.69) is 15.3 Å². The lowest BCUT2D eigenvalue weighted by Crippen LogP contribution is -2.23. The van der Waals surface area contributed by atoms with Crippen LogP contribution in [0.4, 0.5) is 0 Å². The Morgan fingerprint density at radius 3 is 1.65 bits per heavy atom. The molecule has 0 aromatic carbocycles. The van der Waals surface area contributed by atoms with Gasteiger partial charge < -0.3 is 52.8 Å². The SMILES string of the molecule is CCOCC(=C=O)NCCOCCOCCOCCOCCOCCOCCOCCOCCN1Cc2nc(S(C)(=O)=O)ncc2C1=C=O. The summed E-state index contributed by atoms with van der Waals surface area (Å²) in [4.78, 5) is 31.8. The summed E-state index contributed by atoms with van der Waals surface area (Å²) in [5.74, 6) is 3.70. The largest absolute Gasteiger partial charge is 0.377 e. The van der Waals surface area contributed by atoms with E-state index in [9.17, 15) is 18.0 Å². The molecule has 18 heteroatoms. The summed E-state index contributed by atoms with van der Waals surface area (Å²) in [6.45, 7) is 10.8. The van der Waals surface area contributed by atoms with Gasteiger partial charge in [0.2, 0.25) is 15.0 Å². The van der Waals surface area contributed by atoms with Crippen molar-refractivity contribution < 1.29 is 60.6 Å². The molecular weight excluding hydrogens is 668 g/mol. The molecule has 0 radical (unpaired) electrons. The highest BCUT2D eigenvalue weighted by atomic mass is 32.2. The van der Waals surface area contributed by atoms with E-state index in [0.29, 0.717) is 142 Å². The van der Waals surface area contributed by atoms with Crippen molar-refractivity contribution in [3.63, 3.8) is 0 Å². The molecule has 0 spiro atoms. The fraction of sp³-hybridized carbons (Fsp3) is 0.742. The van der Waals surface area contributed by atoms with Crippen LogP contribution in [0.15, 0.2) is 17.1 Å². The monoisotopic (exact) mass is 718 g/mol. The molecule has 0 amide bonds. The van der Waals surface area contributed by atoms with Gasteiger partial charge in [-0.3, -0.25) is 0 Å². The maximum atomic E-state index is 11.7. The van der Waals surface area contributed by atoms with Gasteiger partial charge >= 0.3 is 0 Å². The quantitative estimate of drug-likeness (QED) is 0.0560. The van der Waals surface area contributed by atoms with Crippen molar-refractivity contribution in [1.82, 2.24) is 20.2 Å². The molecule has 0 fully saturated rings.